The molecular formula is C22H31N3O4S. The van der Waals surface area contributed by atoms with Crippen LogP contribution in [0.25, 0.3) is 0 Å². The molecule has 1 aromatic heterocycles. The zero-order valence-electron chi connectivity index (χ0n) is 17.5. The molecule has 1 atom stereocenters. The Balaban J connectivity index is 1.39. The molecule has 8 heteroatoms. The van der Waals surface area contributed by atoms with Crippen LogP contribution in [0.2, 0.25) is 0 Å². The van der Waals surface area contributed by atoms with Crippen molar-refractivity contribution in [2.75, 3.05) is 58.0 Å². The Labute approximate surface area is 182 Å². The van der Waals surface area contributed by atoms with Gasteiger partial charge in [0.25, 0.3) is 0 Å². The summed E-state index contributed by atoms with van der Waals surface area (Å²) < 4.78 is 16.9. The van der Waals surface area contributed by atoms with E-state index < -0.39 is 6.10 Å². The first kappa shape index (κ1) is 22.7. The second kappa shape index (κ2) is 12.6. The second-order valence-corrected chi connectivity index (χ2v) is 8.30. The van der Waals surface area contributed by atoms with Gasteiger partial charge in [-0.25, -0.2) is 0 Å². The largest absolute Gasteiger partial charge is 0.493 e. The van der Waals surface area contributed by atoms with E-state index in [2.05, 4.69) is 15.2 Å². The Bertz CT molecular complexity index is 744. The van der Waals surface area contributed by atoms with E-state index >= 15 is 0 Å². The molecule has 0 radical (unpaired) electrons. The fourth-order valence-corrected chi connectivity index (χ4v) is 4.15. The van der Waals surface area contributed by atoms with Crippen LogP contribution in [0.1, 0.15) is 5.56 Å². The number of ether oxygens (including phenoxy) is 3. The monoisotopic (exact) mass is 433 g/mol. The molecule has 2 aromatic rings. The molecular weight excluding hydrogens is 402 g/mol. The number of aromatic nitrogens is 1. The number of methoxy groups -OCH3 is 1. The molecule has 1 aliphatic rings. The summed E-state index contributed by atoms with van der Waals surface area (Å²) in [6, 6.07) is 9.59. The van der Waals surface area contributed by atoms with Gasteiger partial charge in [0.05, 0.1) is 13.3 Å². The summed E-state index contributed by atoms with van der Waals surface area (Å²) in [7, 11) is 1.63. The lowest BCUT2D eigenvalue weighted by Crippen LogP contribution is -2.40. The number of hydrogen-bond acceptors (Lipinski definition) is 8. The van der Waals surface area contributed by atoms with Crippen molar-refractivity contribution in [1.29, 1.82) is 0 Å². The van der Waals surface area contributed by atoms with Gasteiger partial charge in [0.2, 0.25) is 0 Å². The molecule has 7 nitrogen and oxygen atoms in total. The van der Waals surface area contributed by atoms with Gasteiger partial charge in [-0.05, 0) is 29.8 Å². The van der Waals surface area contributed by atoms with E-state index in [1.165, 1.54) is 0 Å². The fourth-order valence-electron chi connectivity index (χ4n) is 3.17. The van der Waals surface area contributed by atoms with Crippen molar-refractivity contribution in [3.63, 3.8) is 0 Å². The Morgan fingerprint density at radius 2 is 2.07 bits per heavy atom. The Kier molecular flexibility index (Phi) is 9.56. The molecule has 0 unspecified atom stereocenters. The number of nitrogens with zero attached hydrogens (tertiary/aromatic N) is 2. The van der Waals surface area contributed by atoms with E-state index in [1.54, 1.807) is 19.5 Å². The van der Waals surface area contributed by atoms with Gasteiger partial charge in [-0.1, -0.05) is 6.07 Å². The molecule has 2 N–H and O–H groups in total. The summed E-state index contributed by atoms with van der Waals surface area (Å²) in [5, 5.41) is 13.6. The van der Waals surface area contributed by atoms with Crippen molar-refractivity contribution in [2.24, 2.45) is 0 Å². The standard InChI is InChI=1S/C22H31N3O4S/c1-27-22-13-18(14-24-7-10-28-20-3-2-6-23-15-20)4-5-21(22)29-17-19(26)16-25-8-11-30-12-9-25/h2-6,13,15,19,24,26H,7-12,14,16-17H2,1H3/t19-/m0/s1. The van der Waals surface area contributed by atoms with E-state index in [0.717, 1.165) is 42.5 Å². The van der Waals surface area contributed by atoms with Gasteiger partial charge in [0.1, 0.15) is 25.1 Å². The van der Waals surface area contributed by atoms with E-state index in [1.807, 2.05) is 42.1 Å². The molecule has 0 spiro atoms. The van der Waals surface area contributed by atoms with Crippen molar-refractivity contribution in [2.45, 2.75) is 12.6 Å². The van der Waals surface area contributed by atoms with Crippen LogP contribution in [-0.4, -0.2) is 79.1 Å². The van der Waals surface area contributed by atoms with E-state index in [-0.39, 0.29) is 6.61 Å². The molecule has 3 rings (SSSR count). The minimum absolute atomic E-state index is 0.253. The van der Waals surface area contributed by atoms with Crippen LogP contribution in [0.4, 0.5) is 0 Å². The molecule has 30 heavy (non-hydrogen) atoms. The van der Waals surface area contributed by atoms with Crippen molar-refractivity contribution in [3.05, 3.63) is 48.3 Å². The molecule has 0 saturated carbocycles. The summed E-state index contributed by atoms with van der Waals surface area (Å²) in [4.78, 5) is 6.31. The Morgan fingerprint density at radius 1 is 1.20 bits per heavy atom. The highest BCUT2D eigenvalue weighted by Crippen LogP contribution is 2.28. The van der Waals surface area contributed by atoms with Gasteiger partial charge in [-0.2, -0.15) is 11.8 Å². The lowest BCUT2D eigenvalue weighted by molar-refractivity contribution is 0.0705. The predicted molar refractivity (Wildman–Crippen MR) is 120 cm³/mol. The summed E-state index contributed by atoms with van der Waals surface area (Å²) >= 11 is 1.96. The van der Waals surface area contributed by atoms with Crippen LogP contribution in [-0.2, 0) is 6.54 Å². The maximum Gasteiger partial charge on any atom is 0.161 e. The maximum absolute atomic E-state index is 10.3. The molecule has 2 heterocycles. The van der Waals surface area contributed by atoms with E-state index in [0.29, 0.717) is 31.2 Å². The number of benzene rings is 1. The SMILES string of the molecule is COc1cc(CNCCOc2cccnc2)ccc1OC[C@@H](O)CN1CCSCC1. The minimum Gasteiger partial charge on any atom is -0.493 e. The first-order chi connectivity index (χ1) is 14.7. The quantitative estimate of drug-likeness (QED) is 0.493. The molecule has 0 aliphatic carbocycles. The lowest BCUT2D eigenvalue weighted by Gasteiger charge is -2.28. The zero-order chi connectivity index (χ0) is 21.0. The highest BCUT2D eigenvalue weighted by atomic mass is 32.2. The third kappa shape index (κ3) is 7.68. The van der Waals surface area contributed by atoms with Gasteiger partial charge in [-0.3, -0.25) is 9.88 Å². The average molecular weight is 434 g/mol. The molecule has 1 aromatic carbocycles. The van der Waals surface area contributed by atoms with Crippen LogP contribution < -0.4 is 19.5 Å². The number of aliphatic hydroxyl groups excluding tert-OH is 1. The third-order valence-corrected chi connectivity index (χ3v) is 5.69. The summed E-state index contributed by atoms with van der Waals surface area (Å²) in [5.74, 6) is 4.35. The van der Waals surface area contributed by atoms with Gasteiger partial charge < -0.3 is 24.6 Å². The highest BCUT2D eigenvalue weighted by molar-refractivity contribution is 7.99. The third-order valence-electron chi connectivity index (χ3n) is 4.74. The molecule has 0 bridgehead atoms. The van der Waals surface area contributed by atoms with Crippen LogP contribution in [0.3, 0.4) is 0 Å². The zero-order valence-corrected chi connectivity index (χ0v) is 18.3. The average Bonchev–Trinajstić information content (AvgIpc) is 2.79. The van der Waals surface area contributed by atoms with E-state index in [9.17, 15) is 5.11 Å². The maximum atomic E-state index is 10.3. The van der Waals surface area contributed by atoms with Gasteiger partial charge in [0.15, 0.2) is 11.5 Å². The molecule has 0 amide bonds. The predicted octanol–water partition coefficient (Wildman–Crippen LogP) is 2.05. The van der Waals surface area contributed by atoms with Gasteiger partial charge in [0, 0.05) is 50.4 Å². The molecule has 1 fully saturated rings. The highest BCUT2D eigenvalue weighted by Gasteiger charge is 2.16. The normalized spacial score (nSPS) is 15.5. The number of hydrogen-bond donors (Lipinski definition) is 2. The van der Waals surface area contributed by atoms with Gasteiger partial charge in [-0.15, -0.1) is 0 Å². The molecule has 164 valence electrons. The number of pyridine rings is 1. The number of rotatable bonds is 12. The van der Waals surface area contributed by atoms with Crippen molar-refractivity contribution in [1.82, 2.24) is 15.2 Å². The summed E-state index contributed by atoms with van der Waals surface area (Å²) in [5.41, 5.74) is 1.09. The molecule has 1 aliphatic heterocycles. The number of β-amino-alcohol motifs (C(OH)–C–C–N with tert-alkyl or cyclic N) is 1. The van der Waals surface area contributed by atoms with Gasteiger partial charge >= 0.3 is 0 Å². The van der Waals surface area contributed by atoms with Crippen LogP contribution in [0.15, 0.2) is 42.7 Å². The van der Waals surface area contributed by atoms with Crippen LogP contribution in [0.5, 0.6) is 17.2 Å². The fraction of sp³-hybridized carbons (Fsp3) is 0.500. The second-order valence-electron chi connectivity index (χ2n) is 7.08. The van der Waals surface area contributed by atoms with Crippen LogP contribution in [0, 0.1) is 0 Å². The van der Waals surface area contributed by atoms with Crippen LogP contribution >= 0.6 is 11.8 Å². The topological polar surface area (TPSA) is 76.1 Å². The first-order valence-electron chi connectivity index (χ1n) is 10.3. The number of thioether (sulfide) groups is 1. The lowest BCUT2D eigenvalue weighted by atomic mass is 10.2. The summed E-state index contributed by atoms with van der Waals surface area (Å²) in [6.45, 7) is 4.94. The summed E-state index contributed by atoms with van der Waals surface area (Å²) in [6.07, 6.45) is 2.91. The smallest absolute Gasteiger partial charge is 0.161 e. The van der Waals surface area contributed by atoms with Crippen molar-refractivity contribution >= 4 is 11.8 Å². The van der Waals surface area contributed by atoms with E-state index in [4.69, 9.17) is 14.2 Å². The Morgan fingerprint density at radius 3 is 2.83 bits per heavy atom. The first-order valence-corrected chi connectivity index (χ1v) is 11.4. The number of nitrogens with one attached hydrogen (secondary N) is 1. The minimum atomic E-state index is -0.515. The van der Waals surface area contributed by atoms with Crippen molar-refractivity contribution in [3.8, 4) is 17.2 Å². The molecule has 1 saturated heterocycles. The Hall–Kier alpha value is -2.00. The number of aliphatic hydroxyl groups is 1. The van der Waals surface area contributed by atoms with Crippen molar-refractivity contribution < 1.29 is 19.3 Å².